The van der Waals surface area contributed by atoms with Crippen LogP contribution in [-0.2, 0) is 4.79 Å². The molecule has 1 aromatic rings. The lowest BCUT2D eigenvalue weighted by Crippen LogP contribution is -2.34. The van der Waals surface area contributed by atoms with E-state index in [1.165, 1.54) is 0 Å². The first-order valence-electron chi connectivity index (χ1n) is 6.13. The summed E-state index contributed by atoms with van der Waals surface area (Å²) in [5, 5.41) is 10.9. The van der Waals surface area contributed by atoms with Gasteiger partial charge < -0.3 is 21.3 Å². The van der Waals surface area contributed by atoms with Gasteiger partial charge in [0.15, 0.2) is 0 Å². The molecule has 0 radical (unpaired) electrons. The molecule has 0 unspecified atom stereocenters. The molecular weight excluding hydrogens is 244 g/mol. The maximum Gasteiger partial charge on any atom is 0.319 e. The molecule has 0 aromatic heterocycles. The Morgan fingerprint density at radius 2 is 1.58 bits per heavy atom. The van der Waals surface area contributed by atoms with Crippen molar-refractivity contribution in [1.29, 1.82) is 0 Å². The zero-order chi connectivity index (χ0) is 14.3. The lowest BCUT2D eigenvalue weighted by atomic mass is 10.2. The van der Waals surface area contributed by atoms with Gasteiger partial charge in [-0.3, -0.25) is 4.79 Å². The zero-order valence-electron chi connectivity index (χ0n) is 11.4. The van der Waals surface area contributed by atoms with Crippen LogP contribution in [0.15, 0.2) is 24.3 Å². The summed E-state index contributed by atoms with van der Waals surface area (Å²) in [6.45, 7) is 4.04. The zero-order valence-corrected chi connectivity index (χ0v) is 11.4. The fourth-order valence-corrected chi connectivity index (χ4v) is 1.43. The smallest absolute Gasteiger partial charge is 0.319 e. The molecule has 3 amide bonds. The van der Waals surface area contributed by atoms with Crippen molar-refractivity contribution in [3.63, 3.8) is 0 Å². The molecule has 6 heteroatoms. The number of nitrogens with one attached hydrogen (secondary N) is 4. The second-order valence-corrected chi connectivity index (χ2v) is 4.41. The van der Waals surface area contributed by atoms with Crippen molar-refractivity contribution in [2.45, 2.75) is 19.9 Å². The summed E-state index contributed by atoms with van der Waals surface area (Å²) in [7, 11) is 1.71. The Morgan fingerprint density at radius 3 is 2.05 bits per heavy atom. The normalized spacial score (nSPS) is 10.1. The number of anilines is 2. The Bertz CT molecular complexity index is 429. The number of rotatable bonds is 5. The maximum atomic E-state index is 11.5. The lowest BCUT2D eigenvalue weighted by molar-refractivity contribution is -0.115. The number of likely N-dealkylation sites (N-methyl/N-ethyl adjacent to an activating group) is 1. The molecule has 0 bridgehead atoms. The van der Waals surface area contributed by atoms with Crippen LogP contribution in [0.1, 0.15) is 13.8 Å². The second-order valence-electron chi connectivity index (χ2n) is 4.41. The fraction of sp³-hybridized carbons (Fsp3) is 0.385. The van der Waals surface area contributed by atoms with Gasteiger partial charge in [-0.05, 0) is 45.2 Å². The average molecular weight is 264 g/mol. The molecule has 1 aromatic carbocycles. The molecule has 6 nitrogen and oxygen atoms in total. The minimum Gasteiger partial charge on any atom is -0.336 e. The molecule has 0 fully saturated rings. The van der Waals surface area contributed by atoms with Gasteiger partial charge in [0, 0.05) is 17.4 Å². The van der Waals surface area contributed by atoms with Gasteiger partial charge in [-0.1, -0.05) is 0 Å². The van der Waals surface area contributed by atoms with Crippen molar-refractivity contribution >= 4 is 23.3 Å². The van der Waals surface area contributed by atoms with Crippen molar-refractivity contribution in [1.82, 2.24) is 10.6 Å². The van der Waals surface area contributed by atoms with Crippen molar-refractivity contribution in [3.8, 4) is 0 Å². The summed E-state index contributed by atoms with van der Waals surface area (Å²) in [6.07, 6.45) is 0. The molecule has 0 saturated heterocycles. The monoisotopic (exact) mass is 264 g/mol. The van der Waals surface area contributed by atoms with E-state index < -0.39 is 0 Å². The van der Waals surface area contributed by atoms with E-state index in [2.05, 4.69) is 21.3 Å². The first kappa shape index (κ1) is 15.0. The van der Waals surface area contributed by atoms with E-state index in [1.54, 1.807) is 31.3 Å². The summed E-state index contributed by atoms with van der Waals surface area (Å²) in [4.78, 5) is 22.8. The van der Waals surface area contributed by atoms with Crippen molar-refractivity contribution in [2.24, 2.45) is 0 Å². The number of hydrogen-bond donors (Lipinski definition) is 4. The van der Waals surface area contributed by atoms with Crippen LogP contribution >= 0.6 is 0 Å². The number of amides is 3. The van der Waals surface area contributed by atoms with Gasteiger partial charge in [0.25, 0.3) is 0 Å². The number of benzene rings is 1. The number of carbonyl (C=O) groups excluding carboxylic acids is 2. The highest BCUT2D eigenvalue weighted by Gasteiger charge is 2.04. The summed E-state index contributed by atoms with van der Waals surface area (Å²) in [6, 6.07) is 6.77. The first-order valence-corrected chi connectivity index (χ1v) is 6.13. The van der Waals surface area contributed by atoms with Crippen molar-refractivity contribution in [3.05, 3.63) is 24.3 Å². The van der Waals surface area contributed by atoms with Crippen LogP contribution in [0.3, 0.4) is 0 Å². The molecule has 1 rings (SSSR count). The molecule has 0 saturated carbocycles. The topological polar surface area (TPSA) is 82.3 Å². The molecule has 4 N–H and O–H groups in total. The Hall–Kier alpha value is -2.08. The van der Waals surface area contributed by atoms with Crippen LogP contribution in [0.25, 0.3) is 0 Å². The summed E-state index contributed by atoms with van der Waals surface area (Å²) in [5.41, 5.74) is 1.36. The Labute approximate surface area is 113 Å². The van der Waals surface area contributed by atoms with E-state index in [9.17, 15) is 9.59 Å². The quantitative estimate of drug-likeness (QED) is 0.648. The summed E-state index contributed by atoms with van der Waals surface area (Å²) in [5.74, 6) is -0.110. The molecule has 104 valence electrons. The van der Waals surface area contributed by atoms with Gasteiger partial charge in [0.2, 0.25) is 5.91 Å². The molecular formula is C13H20N4O2. The predicted molar refractivity (Wildman–Crippen MR) is 76.3 cm³/mol. The van der Waals surface area contributed by atoms with Crippen LogP contribution in [0, 0.1) is 0 Å². The van der Waals surface area contributed by atoms with E-state index in [-0.39, 0.29) is 24.5 Å². The predicted octanol–water partition coefficient (Wildman–Crippen LogP) is 1.37. The fourth-order valence-electron chi connectivity index (χ4n) is 1.43. The Balaban J connectivity index is 2.52. The van der Waals surface area contributed by atoms with Gasteiger partial charge in [0.1, 0.15) is 0 Å². The number of carbonyl (C=O) groups is 2. The summed E-state index contributed by atoms with van der Waals surface area (Å²) < 4.78 is 0. The van der Waals surface area contributed by atoms with Crippen LogP contribution in [0.2, 0.25) is 0 Å². The minimum absolute atomic E-state index is 0.0834. The number of hydrogen-bond acceptors (Lipinski definition) is 3. The van der Waals surface area contributed by atoms with Gasteiger partial charge in [-0.25, -0.2) is 4.79 Å². The van der Waals surface area contributed by atoms with Gasteiger partial charge in [-0.2, -0.15) is 0 Å². The Kier molecular flexibility index (Phi) is 5.81. The highest BCUT2D eigenvalue weighted by atomic mass is 16.2. The average Bonchev–Trinajstić information content (AvgIpc) is 2.31. The standard InChI is InChI=1S/C13H20N4O2/c1-9(2)15-13(19)17-11-6-4-10(5-7-11)16-12(18)8-14-3/h4-7,9,14H,8H2,1-3H3,(H,16,18)(H2,15,17,19). The van der Waals surface area contributed by atoms with Gasteiger partial charge >= 0.3 is 6.03 Å². The maximum absolute atomic E-state index is 11.5. The SMILES string of the molecule is CNCC(=O)Nc1ccc(NC(=O)NC(C)C)cc1. The third-order valence-corrected chi connectivity index (χ3v) is 2.18. The Morgan fingerprint density at radius 1 is 1.05 bits per heavy atom. The van der Waals surface area contributed by atoms with Crippen LogP contribution in [-0.4, -0.2) is 31.6 Å². The highest BCUT2D eigenvalue weighted by molar-refractivity contribution is 5.93. The molecule has 0 spiro atoms. The van der Waals surface area contributed by atoms with Crippen LogP contribution < -0.4 is 21.3 Å². The lowest BCUT2D eigenvalue weighted by Gasteiger charge is -2.10. The molecule has 19 heavy (non-hydrogen) atoms. The van der Waals surface area contributed by atoms with Crippen LogP contribution in [0.5, 0.6) is 0 Å². The second kappa shape index (κ2) is 7.38. The van der Waals surface area contributed by atoms with E-state index in [0.717, 1.165) is 0 Å². The summed E-state index contributed by atoms with van der Waals surface area (Å²) >= 11 is 0. The third kappa shape index (κ3) is 5.87. The van der Waals surface area contributed by atoms with E-state index in [1.807, 2.05) is 13.8 Å². The van der Waals surface area contributed by atoms with E-state index >= 15 is 0 Å². The third-order valence-electron chi connectivity index (χ3n) is 2.18. The molecule has 0 aliphatic rings. The molecule has 0 atom stereocenters. The van der Waals surface area contributed by atoms with E-state index in [0.29, 0.717) is 11.4 Å². The van der Waals surface area contributed by atoms with Gasteiger partial charge in [-0.15, -0.1) is 0 Å². The largest absolute Gasteiger partial charge is 0.336 e. The highest BCUT2D eigenvalue weighted by Crippen LogP contribution is 2.13. The molecule has 0 heterocycles. The first-order chi connectivity index (χ1) is 9.01. The van der Waals surface area contributed by atoms with Gasteiger partial charge in [0.05, 0.1) is 6.54 Å². The van der Waals surface area contributed by atoms with E-state index in [4.69, 9.17) is 0 Å². The minimum atomic E-state index is -0.248. The molecule has 0 aliphatic carbocycles. The van der Waals surface area contributed by atoms with Crippen LogP contribution in [0.4, 0.5) is 16.2 Å². The number of urea groups is 1. The van der Waals surface area contributed by atoms with Crippen molar-refractivity contribution in [2.75, 3.05) is 24.2 Å². The van der Waals surface area contributed by atoms with Crippen molar-refractivity contribution < 1.29 is 9.59 Å². The molecule has 0 aliphatic heterocycles.